The standard InChI is InChI=1S/C7H15NO3.C6H4Cl2O/c1-6(2,3)11-5(9)7(4,8)10;7-4-2-1-3-5(9)6(4)8/h10H,8H2,1-4H3;1-3,9H. The topological polar surface area (TPSA) is 92.8 Å². The number of halogens is 2. The van der Waals surface area contributed by atoms with Crippen molar-refractivity contribution in [1.82, 2.24) is 0 Å². The van der Waals surface area contributed by atoms with E-state index in [1.165, 1.54) is 13.0 Å². The number of phenols is 1. The molecule has 20 heavy (non-hydrogen) atoms. The number of ether oxygens (including phenoxy) is 1. The van der Waals surface area contributed by atoms with Crippen LogP contribution in [0.1, 0.15) is 27.7 Å². The summed E-state index contributed by atoms with van der Waals surface area (Å²) < 4.78 is 4.79. The van der Waals surface area contributed by atoms with Gasteiger partial charge < -0.3 is 14.9 Å². The number of nitrogens with two attached hydrogens (primary N) is 1. The van der Waals surface area contributed by atoms with E-state index in [0.717, 1.165) is 0 Å². The molecule has 0 bridgehead atoms. The average Bonchev–Trinajstić information content (AvgIpc) is 2.23. The molecule has 0 radical (unpaired) electrons. The lowest BCUT2D eigenvalue weighted by molar-refractivity contribution is -0.174. The number of rotatable bonds is 1. The summed E-state index contributed by atoms with van der Waals surface area (Å²) in [5.41, 5.74) is 2.56. The molecule has 1 atom stereocenters. The van der Waals surface area contributed by atoms with Gasteiger partial charge in [-0.2, -0.15) is 0 Å². The number of hydrogen-bond acceptors (Lipinski definition) is 5. The minimum Gasteiger partial charge on any atom is -0.506 e. The highest BCUT2D eigenvalue weighted by Crippen LogP contribution is 2.29. The normalized spacial score (nSPS) is 13.8. The van der Waals surface area contributed by atoms with Crippen LogP contribution < -0.4 is 5.73 Å². The number of phenolic OH excluding ortho intramolecular Hbond substituents is 1. The van der Waals surface area contributed by atoms with E-state index in [9.17, 15) is 4.79 Å². The van der Waals surface area contributed by atoms with Crippen molar-refractivity contribution in [2.45, 2.75) is 39.0 Å². The molecular weight excluding hydrogens is 305 g/mol. The Balaban J connectivity index is 0.000000367. The Morgan fingerprint density at radius 3 is 2.00 bits per heavy atom. The van der Waals surface area contributed by atoms with Gasteiger partial charge in [0, 0.05) is 0 Å². The minimum absolute atomic E-state index is 0.0177. The predicted octanol–water partition coefficient (Wildman–Crippen LogP) is 2.69. The minimum atomic E-state index is -1.90. The monoisotopic (exact) mass is 323 g/mol. The van der Waals surface area contributed by atoms with E-state index in [4.69, 9.17) is 43.9 Å². The molecule has 0 saturated heterocycles. The van der Waals surface area contributed by atoms with E-state index in [1.807, 2.05) is 0 Å². The number of carbonyl (C=O) groups is 1. The lowest BCUT2D eigenvalue weighted by atomic mass is 10.2. The molecule has 0 heterocycles. The molecule has 1 rings (SSSR count). The molecule has 114 valence electrons. The Morgan fingerprint density at radius 2 is 1.75 bits per heavy atom. The summed E-state index contributed by atoms with van der Waals surface area (Å²) in [6.45, 7) is 6.30. The number of aromatic hydroxyl groups is 1. The van der Waals surface area contributed by atoms with Gasteiger partial charge in [-0.3, -0.25) is 5.73 Å². The SMILES string of the molecule is CC(C)(C)OC(=O)C(C)(N)O.Oc1cccc(Cl)c1Cl. The highest BCUT2D eigenvalue weighted by molar-refractivity contribution is 6.42. The van der Waals surface area contributed by atoms with Gasteiger partial charge in [0.2, 0.25) is 5.72 Å². The van der Waals surface area contributed by atoms with Crippen LogP contribution in [-0.4, -0.2) is 27.5 Å². The Labute approximate surface area is 128 Å². The van der Waals surface area contributed by atoms with Gasteiger partial charge in [-0.25, -0.2) is 4.79 Å². The quantitative estimate of drug-likeness (QED) is 0.545. The highest BCUT2D eigenvalue weighted by atomic mass is 35.5. The largest absolute Gasteiger partial charge is 0.506 e. The van der Waals surface area contributed by atoms with Crippen molar-refractivity contribution < 1.29 is 19.7 Å². The van der Waals surface area contributed by atoms with Crippen LogP contribution in [0.15, 0.2) is 18.2 Å². The highest BCUT2D eigenvalue weighted by Gasteiger charge is 2.30. The van der Waals surface area contributed by atoms with Gasteiger partial charge >= 0.3 is 5.97 Å². The predicted molar refractivity (Wildman–Crippen MR) is 78.8 cm³/mol. The van der Waals surface area contributed by atoms with Crippen LogP contribution in [-0.2, 0) is 9.53 Å². The lowest BCUT2D eigenvalue weighted by Crippen LogP contribution is -2.48. The fourth-order valence-electron chi connectivity index (χ4n) is 0.874. The molecule has 5 nitrogen and oxygen atoms in total. The Hall–Kier alpha value is -1.01. The smallest absolute Gasteiger partial charge is 0.353 e. The second kappa shape index (κ2) is 7.13. The maximum atomic E-state index is 10.9. The fourth-order valence-corrected chi connectivity index (χ4v) is 1.17. The number of esters is 1. The first-order chi connectivity index (χ1) is 8.84. The zero-order chi connectivity index (χ0) is 16.1. The van der Waals surface area contributed by atoms with Crippen molar-refractivity contribution >= 4 is 29.2 Å². The zero-order valence-corrected chi connectivity index (χ0v) is 13.3. The summed E-state index contributed by atoms with van der Waals surface area (Å²) in [5.74, 6) is -0.797. The van der Waals surface area contributed by atoms with Gasteiger partial charge in [-0.05, 0) is 39.8 Å². The molecule has 0 fully saturated rings. The summed E-state index contributed by atoms with van der Waals surface area (Å²) in [5, 5.41) is 18.4. The van der Waals surface area contributed by atoms with Crippen LogP contribution in [0.3, 0.4) is 0 Å². The van der Waals surface area contributed by atoms with Crippen molar-refractivity contribution in [2.24, 2.45) is 5.73 Å². The first kappa shape index (κ1) is 19.0. The Bertz CT molecular complexity index is 444. The third-order valence-electron chi connectivity index (χ3n) is 1.74. The Kier molecular flexibility index (Phi) is 6.77. The van der Waals surface area contributed by atoms with Crippen LogP contribution in [0, 0.1) is 0 Å². The van der Waals surface area contributed by atoms with E-state index in [1.54, 1.807) is 32.9 Å². The van der Waals surface area contributed by atoms with Crippen LogP contribution in [0.5, 0.6) is 5.75 Å². The summed E-state index contributed by atoms with van der Waals surface area (Å²) in [6.07, 6.45) is 0. The van der Waals surface area contributed by atoms with Crippen molar-refractivity contribution in [3.05, 3.63) is 28.2 Å². The van der Waals surface area contributed by atoms with Crippen molar-refractivity contribution in [3.8, 4) is 5.75 Å². The van der Waals surface area contributed by atoms with Crippen molar-refractivity contribution in [2.75, 3.05) is 0 Å². The fraction of sp³-hybridized carbons (Fsp3) is 0.462. The molecule has 1 aromatic carbocycles. The molecular formula is C13H19Cl2NO4. The molecule has 7 heteroatoms. The van der Waals surface area contributed by atoms with Crippen LogP contribution in [0.2, 0.25) is 10.0 Å². The van der Waals surface area contributed by atoms with Crippen LogP contribution in [0.4, 0.5) is 0 Å². The van der Waals surface area contributed by atoms with E-state index in [-0.39, 0.29) is 10.8 Å². The first-order valence-corrected chi connectivity index (χ1v) is 6.48. The maximum Gasteiger partial charge on any atom is 0.353 e. The number of carbonyl (C=O) groups excluding carboxylic acids is 1. The molecule has 0 amide bonds. The Morgan fingerprint density at radius 1 is 1.25 bits per heavy atom. The first-order valence-electron chi connectivity index (χ1n) is 5.72. The summed E-state index contributed by atoms with van der Waals surface area (Å²) >= 11 is 11.0. The number of aliphatic hydroxyl groups is 1. The molecule has 0 saturated carbocycles. The second-order valence-electron chi connectivity index (χ2n) is 5.22. The molecule has 0 spiro atoms. The molecule has 0 aliphatic heterocycles. The van der Waals surface area contributed by atoms with Gasteiger partial charge in [-0.15, -0.1) is 0 Å². The molecule has 1 unspecified atom stereocenters. The van der Waals surface area contributed by atoms with E-state index in [0.29, 0.717) is 5.02 Å². The third kappa shape index (κ3) is 7.55. The van der Waals surface area contributed by atoms with Gasteiger partial charge in [0.25, 0.3) is 0 Å². The zero-order valence-electron chi connectivity index (χ0n) is 11.8. The lowest BCUT2D eigenvalue weighted by Gasteiger charge is -2.24. The summed E-state index contributed by atoms with van der Waals surface area (Å²) in [7, 11) is 0. The van der Waals surface area contributed by atoms with Crippen LogP contribution >= 0.6 is 23.2 Å². The van der Waals surface area contributed by atoms with Crippen LogP contribution in [0.25, 0.3) is 0 Å². The molecule has 1 aromatic rings. The van der Waals surface area contributed by atoms with Gasteiger partial charge in [0.05, 0.1) is 5.02 Å². The number of benzene rings is 1. The van der Waals surface area contributed by atoms with E-state index < -0.39 is 17.3 Å². The van der Waals surface area contributed by atoms with E-state index >= 15 is 0 Å². The molecule has 0 aromatic heterocycles. The molecule has 0 aliphatic carbocycles. The second-order valence-corrected chi connectivity index (χ2v) is 6.01. The van der Waals surface area contributed by atoms with E-state index in [2.05, 4.69) is 0 Å². The number of hydrogen-bond donors (Lipinski definition) is 3. The molecule has 0 aliphatic rings. The van der Waals surface area contributed by atoms with Gasteiger partial charge in [0.15, 0.2) is 0 Å². The molecule has 4 N–H and O–H groups in total. The van der Waals surface area contributed by atoms with Crippen molar-refractivity contribution in [3.63, 3.8) is 0 Å². The van der Waals surface area contributed by atoms with Gasteiger partial charge in [-0.1, -0.05) is 29.3 Å². The third-order valence-corrected chi connectivity index (χ3v) is 2.55. The summed E-state index contributed by atoms with van der Waals surface area (Å²) in [4.78, 5) is 10.9. The average molecular weight is 324 g/mol. The van der Waals surface area contributed by atoms with Crippen molar-refractivity contribution in [1.29, 1.82) is 0 Å². The van der Waals surface area contributed by atoms with Gasteiger partial charge in [0.1, 0.15) is 16.4 Å². The summed E-state index contributed by atoms with van der Waals surface area (Å²) in [6, 6.07) is 4.72. The maximum absolute atomic E-state index is 10.9.